The van der Waals surface area contributed by atoms with Crippen LogP contribution in [0.1, 0.15) is 13.3 Å². The fraction of sp³-hybridized carbons (Fsp3) is 0.600. The van der Waals surface area contributed by atoms with Gasteiger partial charge in [0.05, 0.1) is 6.61 Å². The molecule has 0 fully saturated rings. The summed E-state index contributed by atoms with van der Waals surface area (Å²) in [6.45, 7) is 1.85. The molecule has 5 heteroatoms. The summed E-state index contributed by atoms with van der Waals surface area (Å²) >= 11 is 0. The third kappa shape index (κ3) is 7.82. The Hall–Kier alpha value is -0.177. The third-order valence-corrected chi connectivity index (χ3v) is 0.601. The van der Waals surface area contributed by atoms with Crippen molar-refractivity contribution in [3.8, 4) is 0 Å². The number of ether oxygens (including phenoxy) is 1. The molecule has 0 aromatic rings. The molecule has 1 N–H and O–H groups in total. The molecule has 56 valence electrons. The van der Waals surface area contributed by atoms with Gasteiger partial charge in [0, 0.05) is 26.2 Å². The topological polar surface area (TPSA) is 63.6 Å². The Morgan fingerprint density at radius 2 is 2.00 bits per heavy atom. The van der Waals surface area contributed by atoms with E-state index in [1.807, 2.05) is 0 Å². The van der Waals surface area contributed by atoms with Gasteiger partial charge in [0.25, 0.3) is 0 Å². The van der Waals surface area contributed by atoms with Crippen LogP contribution in [0.4, 0.5) is 0 Å². The summed E-state index contributed by atoms with van der Waals surface area (Å²) in [5, 5.41) is 8.01. The Labute approximate surface area is 77.7 Å². The monoisotopic (exact) mass is 222 g/mol. The minimum atomic E-state index is -1.16. The maximum atomic E-state index is 10.3. The first kappa shape index (κ1) is 12.5. The zero-order valence-electron chi connectivity index (χ0n) is 5.59. The molecule has 0 aliphatic heterocycles. The van der Waals surface area contributed by atoms with Gasteiger partial charge in [-0.25, -0.2) is 0 Å². The Morgan fingerprint density at radius 1 is 1.50 bits per heavy atom. The van der Waals surface area contributed by atoms with E-state index in [2.05, 4.69) is 4.74 Å². The molecule has 0 rings (SSSR count). The molecule has 0 spiro atoms. The van der Waals surface area contributed by atoms with Crippen LogP contribution in [0.25, 0.3) is 0 Å². The van der Waals surface area contributed by atoms with Crippen molar-refractivity contribution in [3.63, 3.8) is 0 Å². The van der Waals surface area contributed by atoms with Crippen LogP contribution in [0.15, 0.2) is 0 Å². The molecule has 0 aromatic carbocycles. The van der Waals surface area contributed by atoms with Crippen LogP contribution in [0, 0.1) is 0 Å². The van der Waals surface area contributed by atoms with E-state index in [1.54, 1.807) is 6.92 Å². The zero-order valence-corrected chi connectivity index (χ0v) is 8.04. The van der Waals surface area contributed by atoms with Gasteiger partial charge in [-0.05, 0) is 6.92 Å². The van der Waals surface area contributed by atoms with Gasteiger partial charge in [-0.15, -0.1) is 0 Å². The second kappa shape index (κ2) is 6.94. The number of hydrogen-bond acceptors (Lipinski definition) is 3. The minimum Gasteiger partial charge on any atom is -0.481 e. The van der Waals surface area contributed by atoms with Crippen LogP contribution < -0.4 is 0 Å². The first-order valence-electron chi connectivity index (χ1n) is 2.54. The smallest absolute Gasteiger partial charge is 0.317 e. The average Bonchev–Trinajstić information content (AvgIpc) is 1.63. The normalized spacial score (nSPS) is 7.70. The van der Waals surface area contributed by atoms with E-state index >= 15 is 0 Å². The Morgan fingerprint density at radius 3 is 2.30 bits per heavy atom. The second-order valence-electron chi connectivity index (χ2n) is 1.38. The predicted octanol–water partition coefficient (Wildman–Crippen LogP) is 0.0217. The van der Waals surface area contributed by atoms with Crippen molar-refractivity contribution in [1.29, 1.82) is 0 Å². The number of carbonyl (C=O) groups excluding carboxylic acids is 1. The van der Waals surface area contributed by atoms with Crippen molar-refractivity contribution in [2.75, 3.05) is 6.61 Å². The average molecular weight is 223 g/mol. The van der Waals surface area contributed by atoms with Gasteiger partial charge in [-0.3, -0.25) is 9.59 Å². The van der Waals surface area contributed by atoms with Gasteiger partial charge in [0.1, 0.15) is 6.42 Å². The molecular formula is C5H8O4Zr. The van der Waals surface area contributed by atoms with Gasteiger partial charge < -0.3 is 9.84 Å². The predicted molar refractivity (Wildman–Crippen MR) is 28.9 cm³/mol. The molecule has 0 aromatic heterocycles. The molecule has 0 heterocycles. The quantitative estimate of drug-likeness (QED) is 0.541. The third-order valence-electron chi connectivity index (χ3n) is 0.601. The maximum absolute atomic E-state index is 10.3. The summed E-state index contributed by atoms with van der Waals surface area (Å²) in [6.07, 6.45) is -0.548. The van der Waals surface area contributed by atoms with Gasteiger partial charge in [0.2, 0.25) is 0 Å². The molecule has 10 heavy (non-hydrogen) atoms. The van der Waals surface area contributed by atoms with Gasteiger partial charge in [0.15, 0.2) is 0 Å². The number of hydrogen-bond donors (Lipinski definition) is 1. The summed E-state index contributed by atoms with van der Waals surface area (Å²) in [6, 6.07) is 0. The molecule has 0 saturated heterocycles. The molecule has 0 radical (unpaired) electrons. The first-order valence-corrected chi connectivity index (χ1v) is 2.54. The van der Waals surface area contributed by atoms with Crippen molar-refractivity contribution in [3.05, 3.63) is 0 Å². The van der Waals surface area contributed by atoms with Crippen molar-refractivity contribution in [2.24, 2.45) is 0 Å². The Balaban J connectivity index is 0. The van der Waals surface area contributed by atoms with Crippen LogP contribution in [-0.4, -0.2) is 23.7 Å². The van der Waals surface area contributed by atoms with Crippen molar-refractivity contribution < 1.29 is 45.6 Å². The van der Waals surface area contributed by atoms with E-state index in [0.717, 1.165) is 0 Å². The van der Waals surface area contributed by atoms with Gasteiger partial charge in [-0.2, -0.15) is 0 Å². The summed E-state index contributed by atoms with van der Waals surface area (Å²) < 4.78 is 4.33. The fourth-order valence-electron chi connectivity index (χ4n) is 0.335. The van der Waals surface area contributed by atoms with Gasteiger partial charge >= 0.3 is 11.9 Å². The number of aliphatic carboxylic acids is 1. The van der Waals surface area contributed by atoms with E-state index in [1.165, 1.54) is 0 Å². The summed E-state index contributed by atoms with van der Waals surface area (Å²) in [5.74, 6) is -1.85. The molecule has 0 unspecified atom stereocenters. The molecule has 0 aliphatic carbocycles. The minimum absolute atomic E-state index is 0. The zero-order chi connectivity index (χ0) is 7.28. The molecule has 0 atom stereocenters. The Kier molecular flexibility index (Phi) is 8.67. The van der Waals surface area contributed by atoms with Crippen molar-refractivity contribution >= 4 is 11.9 Å². The molecule has 0 amide bonds. The number of carbonyl (C=O) groups is 2. The summed E-state index contributed by atoms with van der Waals surface area (Å²) in [5.41, 5.74) is 0. The van der Waals surface area contributed by atoms with Crippen LogP contribution in [0.5, 0.6) is 0 Å². The van der Waals surface area contributed by atoms with E-state index < -0.39 is 18.4 Å². The fourth-order valence-corrected chi connectivity index (χ4v) is 0.335. The molecule has 0 aliphatic rings. The molecule has 0 bridgehead atoms. The largest absolute Gasteiger partial charge is 0.481 e. The van der Waals surface area contributed by atoms with E-state index in [4.69, 9.17) is 5.11 Å². The van der Waals surface area contributed by atoms with E-state index in [-0.39, 0.29) is 32.8 Å². The molecule has 0 saturated carbocycles. The standard InChI is InChI=1S/C5H8O4.Zr/c1-2-9-5(8)3-4(6)7;/h2-3H2,1H3,(H,6,7);. The van der Waals surface area contributed by atoms with Crippen LogP contribution in [0.3, 0.4) is 0 Å². The van der Waals surface area contributed by atoms with Gasteiger partial charge in [-0.1, -0.05) is 0 Å². The van der Waals surface area contributed by atoms with Crippen LogP contribution in [0.2, 0.25) is 0 Å². The first-order chi connectivity index (χ1) is 4.16. The van der Waals surface area contributed by atoms with Crippen molar-refractivity contribution in [1.82, 2.24) is 0 Å². The number of rotatable bonds is 3. The van der Waals surface area contributed by atoms with Crippen LogP contribution >= 0.6 is 0 Å². The summed E-state index contributed by atoms with van der Waals surface area (Å²) in [7, 11) is 0. The number of carboxylic acids is 1. The number of esters is 1. The Bertz CT molecular complexity index is 123. The molecular weight excluding hydrogens is 215 g/mol. The maximum Gasteiger partial charge on any atom is 0.317 e. The number of carboxylic acid groups (broad SMARTS) is 1. The van der Waals surface area contributed by atoms with E-state index in [9.17, 15) is 9.59 Å². The second-order valence-corrected chi connectivity index (χ2v) is 1.38. The van der Waals surface area contributed by atoms with Crippen LogP contribution in [-0.2, 0) is 40.5 Å². The molecule has 4 nitrogen and oxygen atoms in total. The van der Waals surface area contributed by atoms with Crippen molar-refractivity contribution in [2.45, 2.75) is 13.3 Å². The van der Waals surface area contributed by atoms with E-state index in [0.29, 0.717) is 0 Å². The SMILES string of the molecule is CCOC(=O)CC(=O)O.[Zr]. The summed E-state index contributed by atoms with van der Waals surface area (Å²) in [4.78, 5) is 20.0.